The molecular formula is C14H18N2O3S. The lowest BCUT2D eigenvalue weighted by Gasteiger charge is -2.14. The molecule has 1 aliphatic carbocycles. The van der Waals surface area contributed by atoms with Crippen LogP contribution in [0.15, 0.2) is 18.2 Å². The van der Waals surface area contributed by atoms with Crippen LogP contribution < -0.4 is 10.6 Å². The predicted octanol–water partition coefficient (Wildman–Crippen LogP) is 2.71. The molecular weight excluding hydrogens is 276 g/mol. The van der Waals surface area contributed by atoms with Crippen molar-refractivity contribution in [1.82, 2.24) is 5.32 Å². The van der Waals surface area contributed by atoms with E-state index in [1.807, 2.05) is 13.2 Å². The minimum absolute atomic E-state index is 0.161. The Bertz CT molecular complexity index is 541. The summed E-state index contributed by atoms with van der Waals surface area (Å²) in [6.07, 6.45) is 4.30. The van der Waals surface area contributed by atoms with Gasteiger partial charge in [0.2, 0.25) is 0 Å². The first kappa shape index (κ1) is 14.7. The molecule has 2 amide bonds. The van der Waals surface area contributed by atoms with E-state index in [0.29, 0.717) is 12.2 Å². The number of benzene rings is 1. The van der Waals surface area contributed by atoms with E-state index < -0.39 is 5.97 Å². The summed E-state index contributed by atoms with van der Waals surface area (Å²) in [6, 6.07) is 4.38. The second kappa shape index (κ2) is 5.75. The molecule has 5 nitrogen and oxygen atoms in total. The number of carboxylic acid groups (broad SMARTS) is 1. The zero-order chi connectivity index (χ0) is 14.8. The number of thioether (sulfide) groups is 1. The highest BCUT2D eigenvalue weighted by molar-refractivity contribution is 8.00. The summed E-state index contributed by atoms with van der Waals surface area (Å²) in [5.41, 5.74) is 1.52. The van der Waals surface area contributed by atoms with Crippen LogP contribution in [-0.4, -0.2) is 34.7 Å². The van der Waals surface area contributed by atoms with Crippen molar-refractivity contribution < 1.29 is 14.7 Å². The van der Waals surface area contributed by atoms with Crippen LogP contribution in [-0.2, 0) is 0 Å². The highest BCUT2D eigenvalue weighted by atomic mass is 32.2. The number of aryl methyl sites for hydroxylation is 1. The van der Waals surface area contributed by atoms with E-state index in [2.05, 4.69) is 10.6 Å². The molecule has 0 aromatic heterocycles. The van der Waals surface area contributed by atoms with Gasteiger partial charge in [0.25, 0.3) is 0 Å². The molecule has 0 heterocycles. The Labute approximate surface area is 122 Å². The first-order valence-corrected chi connectivity index (χ1v) is 7.62. The van der Waals surface area contributed by atoms with E-state index in [1.165, 1.54) is 12.1 Å². The number of carbonyl (C=O) groups excluding carboxylic acids is 1. The second-order valence-corrected chi connectivity index (χ2v) is 6.30. The number of amides is 2. The molecule has 20 heavy (non-hydrogen) atoms. The van der Waals surface area contributed by atoms with Gasteiger partial charge in [-0.2, -0.15) is 11.8 Å². The van der Waals surface area contributed by atoms with Crippen LogP contribution in [0.3, 0.4) is 0 Å². The molecule has 0 atom stereocenters. The van der Waals surface area contributed by atoms with Crippen molar-refractivity contribution in [3.63, 3.8) is 0 Å². The molecule has 1 aromatic rings. The third-order valence-electron chi connectivity index (χ3n) is 3.54. The molecule has 1 aromatic carbocycles. The van der Waals surface area contributed by atoms with Crippen molar-refractivity contribution in [3.05, 3.63) is 29.3 Å². The van der Waals surface area contributed by atoms with Gasteiger partial charge in [0, 0.05) is 17.0 Å². The van der Waals surface area contributed by atoms with Gasteiger partial charge in [0.1, 0.15) is 0 Å². The second-order valence-electron chi connectivity index (χ2n) is 5.03. The van der Waals surface area contributed by atoms with E-state index in [4.69, 9.17) is 5.11 Å². The Morgan fingerprint density at radius 3 is 2.65 bits per heavy atom. The quantitative estimate of drug-likeness (QED) is 0.780. The molecule has 6 heteroatoms. The molecule has 0 unspecified atom stereocenters. The van der Waals surface area contributed by atoms with Crippen LogP contribution in [0, 0.1) is 6.92 Å². The van der Waals surface area contributed by atoms with Crippen molar-refractivity contribution in [2.75, 3.05) is 18.1 Å². The maximum atomic E-state index is 11.9. The minimum Gasteiger partial charge on any atom is -0.478 e. The summed E-state index contributed by atoms with van der Waals surface area (Å²) in [5, 5.41) is 14.5. The molecule has 1 fully saturated rings. The molecule has 0 radical (unpaired) electrons. The van der Waals surface area contributed by atoms with Crippen LogP contribution in [0.5, 0.6) is 0 Å². The Morgan fingerprint density at radius 1 is 1.40 bits per heavy atom. The number of aromatic carboxylic acids is 1. The number of nitrogens with one attached hydrogen (secondary N) is 2. The largest absolute Gasteiger partial charge is 0.478 e. The van der Waals surface area contributed by atoms with E-state index in [-0.39, 0.29) is 16.3 Å². The Balaban J connectivity index is 1.96. The van der Waals surface area contributed by atoms with Crippen molar-refractivity contribution in [2.45, 2.75) is 24.5 Å². The van der Waals surface area contributed by atoms with Gasteiger partial charge >= 0.3 is 12.0 Å². The fourth-order valence-electron chi connectivity index (χ4n) is 1.89. The normalized spacial score (nSPS) is 15.5. The summed E-state index contributed by atoms with van der Waals surface area (Å²) < 4.78 is 0.204. The van der Waals surface area contributed by atoms with Gasteiger partial charge in [-0.25, -0.2) is 9.59 Å². The predicted molar refractivity (Wildman–Crippen MR) is 80.6 cm³/mol. The molecule has 2 rings (SSSR count). The van der Waals surface area contributed by atoms with Crippen molar-refractivity contribution in [3.8, 4) is 0 Å². The number of anilines is 1. The number of carboxylic acids is 1. The van der Waals surface area contributed by atoms with E-state index >= 15 is 0 Å². The molecule has 0 aliphatic heterocycles. The standard InChI is InChI=1S/C14H18N2O3S/c1-9-3-4-10(12(17)18)7-11(9)16-13(19)15-8-14(20-2)5-6-14/h3-4,7H,5-6,8H2,1-2H3,(H,17,18)(H2,15,16,19). The Kier molecular flexibility index (Phi) is 4.23. The van der Waals surface area contributed by atoms with Crippen LogP contribution >= 0.6 is 11.8 Å². The SMILES string of the molecule is CSC1(CNC(=O)Nc2cc(C(=O)O)ccc2C)CC1. The summed E-state index contributed by atoms with van der Waals surface area (Å²) in [4.78, 5) is 22.8. The van der Waals surface area contributed by atoms with Gasteiger partial charge in [0.05, 0.1) is 5.56 Å². The Hall–Kier alpha value is -1.69. The van der Waals surface area contributed by atoms with E-state index in [9.17, 15) is 9.59 Å². The third-order valence-corrected chi connectivity index (χ3v) is 4.96. The third kappa shape index (κ3) is 3.45. The van der Waals surface area contributed by atoms with Gasteiger partial charge in [-0.05, 0) is 43.7 Å². The van der Waals surface area contributed by atoms with Crippen molar-refractivity contribution in [1.29, 1.82) is 0 Å². The average molecular weight is 294 g/mol. The monoisotopic (exact) mass is 294 g/mol. The first-order chi connectivity index (χ1) is 9.46. The number of rotatable bonds is 5. The Morgan fingerprint density at radius 2 is 2.10 bits per heavy atom. The molecule has 3 N–H and O–H groups in total. The van der Waals surface area contributed by atoms with Gasteiger partial charge in [-0.1, -0.05) is 6.07 Å². The smallest absolute Gasteiger partial charge is 0.335 e. The fraction of sp³-hybridized carbons (Fsp3) is 0.429. The molecule has 1 aliphatic rings. The van der Waals surface area contributed by atoms with Gasteiger partial charge in [0.15, 0.2) is 0 Å². The summed E-state index contributed by atoms with van der Waals surface area (Å²) in [6.45, 7) is 2.46. The zero-order valence-electron chi connectivity index (χ0n) is 11.5. The summed E-state index contributed by atoms with van der Waals surface area (Å²) in [7, 11) is 0. The maximum absolute atomic E-state index is 11.9. The van der Waals surface area contributed by atoms with Crippen molar-refractivity contribution in [2.24, 2.45) is 0 Å². The average Bonchev–Trinajstić information content (AvgIpc) is 3.19. The first-order valence-electron chi connectivity index (χ1n) is 6.40. The van der Waals surface area contributed by atoms with E-state index in [1.54, 1.807) is 17.8 Å². The number of hydrogen-bond donors (Lipinski definition) is 3. The van der Waals surface area contributed by atoms with Crippen LogP contribution in [0.1, 0.15) is 28.8 Å². The zero-order valence-corrected chi connectivity index (χ0v) is 12.3. The molecule has 0 saturated heterocycles. The molecule has 0 bridgehead atoms. The van der Waals surface area contributed by atoms with Gasteiger partial charge < -0.3 is 15.7 Å². The van der Waals surface area contributed by atoms with Crippen LogP contribution in [0.25, 0.3) is 0 Å². The summed E-state index contributed by atoms with van der Waals surface area (Å²) >= 11 is 1.78. The van der Waals surface area contributed by atoms with E-state index in [0.717, 1.165) is 18.4 Å². The molecule has 108 valence electrons. The molecule has 0 spiro atoms. The maximum Gasteiger partial charge on any atom is 0.335 e. The van der Waals surface area contributed by atoms with Crippen LogP contribution in [0.4, 0.5) is 10.5 Å². The summed E-state index contributed by atoms with van der Waals surface area (Å²) in [5.74, 6) is -1.01. The number of hydrogen-bond acceptors (Lipinski definition) is 3. The molecule has 1 saturated carbocycles. The topological polar surface area (TPSA) is 78.4 Å². The fourth-order valence-corrected chi connectivity index (χ4v) is 2.62. The number of urea groups is 1. The van der Waals surface area contributed by atoms with Crippen LogP contribution in [0.2, 0.25) is 0 Å². The lowest BCUT2D eigenvalue weighted by molar-refractivity contribution is 0.0697. The number of carbonyl (C=O) groups is 2. The van der Waals surface area contributed by atoms with Gasteiger partial charge in [-0.15, -0.1) is 0 Å². The lowest BCUT2D eigenvalue weighted by atomic mass is 10.1. The van der Waals surface area contributed by atoms with Crippen molar-refractivity contribution >= 4 is 29.4 Å². The lowest BCUT2D eigenvalue weighted by Crippen LogP contribution is -2.35. The minimum atomic E-state index is -1.01. The highest BCUT2D eigenvalue weighted by Gasteiger charge is 2.41. The highest BCUT2D eigenvalue weighted by Crippen LogP contribution is 2.46. The van der Waals surface area contributed by atoms with Gasteiger partial charge in [-0.3, -0.25) is 0 Å².